The molecule has 0 saturated heterocycles. The first-order valence-corrected chi connectivity index (χ1v) is 9.98. The van der Waals surface area contributed by atoms with Crippen molar-refractivity contribution in [1.29, 1.82) is 0 Å². The lowest BCUT2D eigenvalue weighted by Crippen LogP contribution is -2.16. The minimum absolute atomic E-state index is 0.0344. The van der Waals surface area contributed by atoms with E-state index in [1.165, 1.54) is 33.9 Å². The number of nitrogens with zero attached hydrogens (tertiary/aromatic N) is 4. The average Bonchev–Trinajstić information content (AvgIpc) is 3.28. The van der Waals surface area contributed by atoms with Crippen LogP contribution in [-0.4, -0.2) is 25.5 Å². The molecule has 2 heterocycles. The van der Waals surface area contributed by atoms with Crippen molar-refractivity contribution in [2.75, 3.05) is 5.32 Å². The number of hydrogen-bond donors (Lipinski definition) is 1. The van der Waals surface area contributed by atoms with Gasteiger partial charge in [-0.05, 0) is 31.0 Å². The maximum atomic E-state index is 13.9. The normalized spacial score (nSPS) is 14.1. The summed E-state index contributed by atoms with van der Waals surface area (Å²) >= 11 is 6.01. The number of hydrogen-bond acceptors (Lipinski definition) is 3. The van der Waals surface area contributed by atoms with Gasteiger partial charge in [-0.25, -0.2) is 4.39 Å². The van der Waals surface area contributed by atoms with Gasteiger partial charge in [-0.15, -0.1) is 0 Å². The molecule has 4 rings (SSSR count). The Hall–Kier alpha value is -2.88. The van der Waals surface area contributed by atoms with E-state index in [1.54, 1.807) is 6.07 Å². The Morgan fingerprint density at radius 1 is 1.29 bits per heavy atom. The number of anilines is 1. The Balaban J connectivity index is 1.36. The van der Waals surface area contributed by atoms with Crippen molar-refractivity contribution in [3.8, 4) is 0 Å². The molecule has 1 amide bonds. The van der Waals surface area contributed by atoms with Crippen LogP contribution in [0.4, 0.5) is 23.2 Å². The summed E-state index contributed by atoms with van der Waals surface area (Å²) in [5.41, 5.74) is 0.228. The highest BCUT2D eigenvalue weighted by Crippen LogP contribution is 2.42. The van der Waals surface area contributed by atoms with Crippen molar-refractivity contribution >= 4 is 23.2 Å². The highest BCUT2D eigenvalue weighted by atomic mass is 35.5. The van der Waals surface area contributed by atoms with E-state index in [-0.39, 0.29) is 36.0 Å². The molecule has 6 nitrogen and oxygen atoms in total. The molecular formula is C20H18ClF4N5O. The van der Waals surface area contributed by atoms with Crippen LogP contribution in [0.3, 0.4) is 0 Å². The molecule has 0 radical (unpaired) electrons. The fourth-order valence-electron chi connectivity index (χ4n) is 3.25. The second-order valence-corrected chi connectivity index (χ2v) is 7.78. The van der Waals surface area contributed by atoms with Crippen LogP contribution in [0.1, 0.15) is 42.1 Å². The molecule has 1 aliphatic carbocycles. The van der Waals surface area contributed by atoms with Crippen LogP contribution >= 0.6 is 11.6 Å². The van der Waals surface area contributed by atoms with Crippen molar-refractivity contribution in [2.45, 2.75) is 44.4 Å². The number of amides is 1. The van der Waals surface area contributed by atoms with Crippen LogP contribution < -0.4 is 5.32 Å². The van der Waals surface area contributed by atoms with Gasteiger partial charge < -0.3 is 5.32 Å². The van der Waals surface area contributed by atoms with Gasteiger partial charge >= 0.3 is 6.18 Å². The maximum absolute atomic E-state index is 13.9. The summed E-state index contributed by atoms with van der Waals surface area (Å²) in [5.74, 6) is -0.790. The third-order valence-electron chi connectivity index (χ3n) is 4.95. The minimum Gasteiger partial charge on any atom is -0.323 e. The van der Waals surface area contributed by atoms with E-state index in [9.17, 15) is 22.4 Å². The van der Waals surface area contributed by atoms with Gasteiger partial charge in [0.15, 0.2) is 5.69 Å². The summed E-state index contributed by atoms with van der Waals surface area (Å²) in [6.45, 7) is 0.117. The van der Waals surface area contributed by atoms with Crippen molar-refractivity contribution < 1.29 is 22.4 Å². The first kappa shape index (κ1) is 21.4. The fourth-order valence-corrected chi connectivity index (χ4v) is 3.47. The van der Waals surface area contributed by atoms with Crippen molar-refractivity contribution in [3.05, 3.63) is 64.5 Å². The summed E-state index contributed by atoms with van der Waals surface area (Å²) in [4.78, 5) is 12.3. The van der Waals surface area contributed by atoms with E-state index in [4.69, 9.17) is 11.6 Å². The van der Waals surface area contributed by atoms with Gasteiger partial charge in [-0.3, -0.25) is 14.2 Å². The summed E-state index contributed by atoms with van der Waals surface area (Å²) in [5, 5.41) is 10.6. The Morgan fingerprint density at radius 3 is 2.74 bits per heavy atom. The molecule has 164 valence electrons. The summed E-state index contributed by atoms with van der Waals surface area (Å²) in [6, 6.07) is 5.43. The number of carbonyl (C=O) groups excluding carboxylic acids is 1. The van der Waals surface area contributed by atoms with Gasteiger partial charge in [0, 0.05) is 41.4 Å². The standard InChI is InChI=1S/C20H18ClF4N5O/c21-15-2-1-3-16(22)14(15)11-29-10-13(9-26-29)27-19(31)6-7-30-17(12-4-5-12)8-18(28-30)20(23,24)25/h1-3,8-10,12H,4-7,11H2,(H,27,31). The third-order valence-corrected chi connectivity index (χ3v) is 5.30. The smallest absolute Gasteiger partial charge is 0.323 e. The number of alkyl halides is 3. The van der Waals surface area contributed by atoms with Crippen LogP contribution in [0.5, 0.6) is 0 Å². The SMILES string of the molecule is O=C(CCn1nc(C(F)(F)F)cc1C1CC1)Nc1cnn(Cc2c(F)cccc2Cl)c1. The van der Waals surface area contributed by atoms with E-state index in [0.29, 0.717) is 11.4 Å². The van der Waals surface area contributed by atoms with Gasteiger partial charge in [0.1, 0.15) is 5.82 Å². The molecule has 2 aromatic heterocycles. The molecule has 1 saturated carbocycles. The molecule has 0 aliphatic heterocycles. The first-order chi connectivity index (χ1) is 14.7. The number of rotatable bonds is 7. The Morgan fingerprint density at radius 2 is 2.06 bits per heavy atom. The molecule has 31 heavy (non-hydrogen) atoms. The molecule has 0 spiro atoms. The number of carbonyl (C=O) groups is 1. The maximum Gasteiger partial charge on any atom is 0.435 e. The van der Waals surface area contributed by atoms with E-state index in [0.717, 1.165) is 18.9 Å². The van der Waals surface area contributed by atoms with Crippen LogP contribution in [0.2, 0.25) is 5.02 Å². The first-order valence-electron chi connectivity index (χ1n) is 9.61. The molecule has 1 aromatic carbocycles. The lowest BCUT2D eigenvalue weighted by Gasteiger charge is -2.07. The summed E-state index contributed by atoms with van der Waals surface area (Å²) in [6.07, 6.45) is -0.0133. The van der Waals surface area contributed by atoms with Crippen molar-refractivity contribution in [1.82, 2.24) is 19.6 Å². The molecular weight excluding hydrogens is 438 g/mol. The number of benzene rings is 1. The zero-order valence-corrected chi connectivity index (χ0v) is 16.9. The molecule has 0 bridgehead atoms. The number of aromatic nitrogens is 4. The number of aryl methyl sites for hydroxylation is 1. The molecule has 0 atom stereocenters. The zero-order valence-electron chi connectivity index (χ0n) is 16.2. The number of nitrogens with one attached hydrogen (secondary N) is 1. The number of halogens is 5. The van der Waals surface area contributed by atoms with Gasteiger partial charge in [-0.2, -0.15) is 23.4 Å². The van der Waals surface area contributed by atoms with E-state index >= 15 is 0 Å². The molecule has 0 unspecified atom stereocenters. The average molecular weight is 456 g/mol. The summed E-state index contributed by atoms with van der Waals surface area (Å²) < 4.78 is 55.5. The van der Waals surface area contributed by atoms with Crippen LogP contribution in [-0.2, 0) is 24.1 Å². The summed E-state index contributed by atoms with van der Waals surface area (Å²) in [7, 11) is 0. The molecule has 11 heteroatoms. The van der Waals surface area contributed by atoms with Crippen LogP contribution in [0.25, 0.3) is 0 Å². The van der Waals surface area contributed by atoms with Crippen LogP contribution in [0.15, 0.2) is 36.7 Å². The van der Waals surface area contributed by atoms with Gasteiger partial charge in [0.25, 0.3) is 0 Å². The Labute approximate surface area is 179 Å². The fraction of sp³-hybridized carbons (Fsp3) is 0.350. The second kappa shape index (κ2) is 8.33. The molecule has 1 fully saturated rings. The van der Waals surface area contributed by atoms with Crippen molar-refractivity contribution in [2.24, 2.45) is 0 Å². The lowest BCUT2D eigenvalue weighted by atomic mass is 10.2. The topological polar surface area (TPSA) is 64.7 Å². The van der Waals surface area contributed by atoms with Gasteiger partial charge in [0.05, 0.1) is 18.4 Å². The molecule has 3 aromatic rings. The predicted molar refractivity (Wildman–Crippen MR) is 105 cm³/mol. The zero-order chi connectivity index (χ0) is 22.2. The van der Waals surface area contributed by atoms with E-state index < -0.39 is 23.6 Å². The molecule has 1 N–H and O–H groups in total. The quantitative estimate of drug-likeness (QED) is 0.518. The largest absolute Gasteiger partial charge is 0.435 e. The van der Waals surface area contributed by atoms with Gasteiger partial charge in [-0.1, -0.05) is 17.7 Å². The lowest BCUT2D eigenvalue weighted by molar-refractivity contribution is -0.141. The highest BCUT2D eigenvalue weighted by Gasteiger charge is 2.37. The monoisotopic (exact) mass is 455 g/mol. The Kier molecular flexibility index (Phi) is 5.74. The molecule has 1 aliphatic rings. The van der Waals surface area contributed by atoms with Crippen LogP contribution in [0, 0.1) is 5.82 Å². The Bertz CT molecular complexity index is 1080. The van der Waals surface area contributed by atoms with Gasteiger partial charge in [0.2, 0.25) is 5.91 Å². The third kappa shape index (κ3) is 5.07. The minimum atomic E-state index is -4.52. The highest BCUT2D eigenvalue weighted by molar-refractivity contribution is 6.31. The van der Waals surface area contributed by atoms with E-state index in [1.807, 2.05) is 0 Å². The van der Waals surface area contributed by atoms with Crippen molar-refractivity contribution in [3.63, 3.8) is 0 Å². The predicted octanol–water partition coefficient (Wildman–Crippen LogP) is 4.85. The van der Waals surface area contributed by atoms with E-state index in [2.05, 4.69) is 15.5 Å². The second-order valence-electron chi connectivity index (χ2n) is 7.37.